The van der Waals surface area contributed by atoms with E-state index in [9.17, 15) is 0 Å². The third-order valence-corrected chi connectivity index (χ3v) is 2.12. The van der Waals surface area contributed by atoms with Gasteiger partial charge in [-0.1, -0.05) is 17.7 Å². The Hall–Kier alpha value is -1.07. The Morgan fingerprint density at radius 1 is 1.67 bits per heavy atom. The van der Waals surface area contributed by atoms with E-state index in [4.69, 9.17) is 16.9 Å². The van der Waals surface area contributed by atoms with E-state index < -0.39 is 0 Å². The Morgan fingerprint density at radius 3 is 2.83 bits per heavy atom. The van der Waals surface area contributed by atoms with Gasteiger partial charge in [0, 0.05) is 6.20 Å². The molecule has 12 heavy (non-hydrogen) atoms. The molecule has 62 valence electrons. The summed E-state index contributed by atoms with van der Waals surface area (Å²) in [6.07, 6.45) is 1.64. The molecule has 2 nitrogen and oxygen atoms in total. The molecule has 0 fully saturated rings. The number of halogens is 1. The quantitative estimate of drug-likeness (QED) is 0.623. The molecule has 0 saturated carbocycles. The summed E-state index contributed by atoms with van der Waals surface area (Å²) < 4.78 is 0. The number of aromatic nitrogens is 1. The summed E-state index contributed by atoms with van der Waals surface area (Å²) in [6, 6.07) is 4.04. The third-order valence-electron chi connectivity index (χ3n) is 1.73. The third kappa shape index (κ3) is 1.75. The Kier molecular flexibility index (Phi) is 2.67. The predicted octanol–water partition coefficient (Wildman–Crippen LogP) is 2.67. The molecule has 0 aromatic carbocycles. The van der Waals surface area contributed by atoms with Crippen LogP contribution in [0.25, 0.3) is 0 Å². The number of rotatable bonds is 1. The van der Waals surface area contributed by atoms with Gasteiger partial charge in [-0.2, -0.15) is 5.26 Å². The zero-order chi connectivity index (χ0) is 9.14. The van der Waals surface area contributed by atoms with Crippen LogP contribution in [0.2, 0.25) is 5.15 Å². The first-order chi connectivity index (χ1) is 5.65. The number of aryl methyl sites for hydroxylation is 1. The molecule has 1 atom stereocenters. The van der Waals surface area contributed by atoms with Crippen LogP contribution < -0.4 is 0 Å². The maximum atomic E-state index is 8.64. The maximum absolute atomic E-state index is 8.64. The van der Waals surface area contributed by atoms with E-state index in [2.05, 4.69) is 11.1 Å². The number of hydrogen-bond acceptors (Lipinski definition) is 2. The fourth-order valence-electron chi connectivity index (χ4n) is 0.891. The number of pyridine rings is 1. The molecule has 0 bridgehead atoms. The molecular formula is C9H9ClN2. The minimum absolute atomic E-state index is 0.117. The lowest BCUT2D eigenvalue weighted by Crippen LogP contribution is -1.92. The summed E-state index contributed by atoms with van der Waals surface area (Å²) in [5.41, 5.74) is 1.83. The Bertz CT molecular complexity index is 328. The van der Waals surface area contributed by atoms with E-state index >= 15 is 0 Å². The van der Waals surface area contributed by atoms with Crippen molar-refractivity contribution in [3.05, 3.63) is 28.5 Å². The summed E-state index contributed by atoms with van der Waals surface area (Å²) in [5.74, 6) is -0.117. The van der Waals surface area contributed by atoms with Crippen LogP contribution in [-0.4, -0.2) is 4.98 Å². The van der Waals surface area contributed by atoms with Gasteiger partial charge >= 0.3 is 0 Å². The molecule has 1 unspecified atom stereocenters. The minimum atomic E-state index is -0.117. The van der Waals surface area contributed by atoms with Gasteiger partial charge in [-0.3, -0.25) is 0 Å². The van der Waals surface area contributed by atoms with E-state index in [0.29, 0.717) is 5.15 Å². The van der Waals surface area contributed by atoms with Crippen molar-refractivity contribution in [3.63, 3.8) is 0 Å². The Balaban J connectivity index is 3.06. The first-order valence-corrected chi connectivity index (χ1v) is 4.04. The molecule has 1 heterocycles. The van der Waals surface area contributed by atoms with Gasteiger partial charge in [-0.05, 0) is 25.0 Å². The molecule has 0 saturated heterocycles. The molecule has 0 spiro atoms. The largest absolute Gasteiger partial charge is 0.244 e. The molecule has 1 rings (SSSR count). The highest BCUT2D eigenvalue weighted by molar-refractivity contribution is 6.30. The maximum Gasteiger partial charge on any atom is 0.131 e. The van der Waals surface area contributed by atoms with Gasteiger partial charge in [0.1, 0.15) is 5.15 Å². The van der Waals surface area contributed by atoms with E-state index in [0.717, 1.165) is 11.1 Å². The Morgan fingerprint density at radius 2 is 2.33 bits per heavy atom. The lowest BCUT2D eigenvalue weighted by atomic mass is 10.0. The Labute approximate surface area is 76.8 Å². The first kappa shape index (κ1) is 9.02. The topological polar surface area (TPSA) is 36.7 Å². The highest BCUT2D eigenvalue weighted by atomic mass is 35.5. The van der Waals surface area contributed by atoms with E-state index in [1.807, 2.05) is 19.9 Å². The first-order valence-electron chi connectivity index (χ1n) is 3.67. The van der Waals surface area contributed by atoms with Crippen LogP contribution in [0.5, 0.6) is 0 Å². The van der Waals surface area contributed by atoms with Gasteiger partial charge in [0.15, 0.2) is 0 Å². The lowest BCUT2D eigenvalue weighted by molar-refractivity contribution is 0.962. The van der Waals surface area contributed by atoms with Gasteiger partial charge in [-0.15, -0.1) is 0 Å². The van der Waals surface area contributed by atoms with Crippen molar-refractivity contribution in [2.75, 3.05) is 0 Å². The second kappa shape index (κ2) is 3.55. The second-order valence-corrected chi connectivity index (χ2v) is 3.09. The SMILES string of the molecule is Cc1cc(C(C)C#N)cnc1Cl. The number of nitriles is 1. The van der Waals surface area contributed by atoms with Crippen LogP contribution in [0, 0.1) is 18.3 Å². The van der Waals surface area contributed by atoms with Crippen molar-refractivity contribution in [1.82, 2.24) is 4.98 Å². The molecule has 0 amide bonds. The van der Waals surface area contributed by atoms with Crippen molar-refractivity contribution in [2.45, 2.75) is 19.8 Å². The second-order valence-electron chi connectivity index (χ2n) is 2.73. The highest BCUT2D eigenvalue weighted by Crippen LogP contribution is 2.18. The van der Waals surface area contributed by atoms with Crippen LogP contribution in [0.1, 0.15) is 24.0 Å². The molecule has 0 aliphatic rings. The smallest absolute Gasteiger partial charge is 0.131 e. The van der Waals surface area contributed by atoms with Crippen LogP contribution in [-0.2, 0) is 0 Å². The average Bonchev–Trinajstić information content (AvgIpc) is 2.08. The molecule has 0 aliphatic carbocycles. The van der Waals surface area contributed by atoms with Gasteiger partial charge in [0.25, 0.3) is 0 Å². The van der Waals surface area contributed by atoms with Crippen LogP contribution in [0.3, 0.4) is 0 Å². The van der Waals surface area contributed by atoms with Crippen LogP contribution >= 0.6 is 11.6 Å². The van der Waals surface area contributed by atoms with E-state index in [1.54, 1.807) is 6.20 Å². The van der Waals surface area contributed by atoms with E-state index in [1.165, 1.54) is 0 Å². The van der Waals surface area contributed by atoms with Crippen LogP contribution in [0.15, 0.2) is 12.3 Å². The number of nitrogens with zero attached hydrogens (tertiary/aromatic N) is 2. The minimum Gasteiger partial charge on any atom is -0.244 e. The van der Waals surface area contributed by atoms with Gasteiger partial charge in [0.05, 0.1) is 12.0 Å². The molecule has 0 N–H and O–H groups in total. The summed E-state index contributed by atoms with van der Waals surface area (Å²) in [5, 5.41) is 9.14. The lowest BCUT2D eigenvalue weighted by Gasteiger charge is -2.03. The fourth-order valence-corrected chi connectivity index (χ4v) is 0.995. The fraction of sp³-hybridized carbons (Fsp3) is 0.333. The summed E-state index contributed by atoms with van der Waals surface area (Å²) in [6.45, 7) is 3.72. The van der Waals surface area contributed by atoms with Gasteiger partial charge in [0.2, 0.25) is 0 Å². The predicted molar refractivity (Wildman–Crippen MR) is 48.0 cm³/mol. The van der Waals surface area contributed by atoms with E-state index in [-0.39, 0.29) is 5.92 Å². The zero-order valence-corrected chi connectivity index (χ0v) is 7.76. The highest BCUT2D eigenvalue weighted by Gasteiger charge is 2.05. The molecule has 0 aliphatic heterocycles. The van der Waals surface area contributed by atoms with Crippen molar-refractivity contribution in [2.24, 2.45) is 0 Å². The molecule has 0 radical (unpaired) electrons. The summed E-state index contributed by atoms with van der Waals surface area (Å²) >= 11 is 5.73. The van der Waals surface area contributed by atoms with Crippen molar-refractivity contribution in [1.29, 1.82) is 5.26 Å². The molecular weight excluding hydrogens is 172 g/mol. The monoisotopic (exact) mass is 180 g/mol. The van der Waals surface area contributed by atoms with Gasteiger partial charge < -0.3 is 0 Å². The van der Waals surface area contributed by atoms with Crippen molar-refractivity contribution >= 4 is 11.6 Å². The number of hydrogen-bond donors (Lipinski definition) is 0. The summed E-state index contributed by atoms with van der Waals surface area (Å²) in [4.78, 5) is 3.96. The molecule has 1 aromatic heterocycles. The standard InChI is InChI=1S/C9H9ClN2/c1-6-3-8(7(2)4-11)5-12-9(6)10/h3,5,7H,1-2H3. The van der Waals surface area contributed by atoms with Gasteiger partial charge in [-0.25, -0.2) is 4.98 Å². The summed E-state index contributed by atoms with van der Waals surface area (Å²) in [7, 11) is 0. The normalized spacial score (nSPS) is 12.2. The van der Waals surface area contributed by atoms with Crippen molar-refractivity contribution in [3.8, 4) is 6.07 Å². The average molecular weight is 181 g/mol. The van der Waals surface area contributed by atoms with Crippen LogP contribution in [0.4, 0.5) is 0 Å². The molecule has 3 heteroatoms. The van der Waals surface area contributed by atoms with Crippen molar-refractivity contribution < 1.29 is 0 Å². The molecule has 1 aromatic rings. The zero-order valence-electron chi connectivity index (χ0n) is 7.00.